The highest BCUT2D eigenvalue weighted by Gasteiger charge is 2.15. The van der Waals surface area contributed by atoms with Crippen LogP contribution in [0.5, 0.6) is 0 Å². The Kier molecular flexibility index (Phi) is 3.19. The molecular weight excluding hydrogens is 296 g/mol. The van der Waals surface area contributed by atoms with E-state index in [9.17, 15) is 8.42 Å². The fourth-order valence-electron chi connectivity index (χ4n) is 1.77. The lowest BCUT2D eigenvalue weighted by molar-refractivity contribution is 0.600. The van der Waals surface area contributed by atoms with Crippen LogP contribution in [0.25, 0.3) is 11.0 Å². The highest BCUT2D eigenvalue weighted by molar-refractivity contribution is 8.00. The van der Waals surface area contributed by atoms with Crippen molar-refractivity contribution in [3.05, 3.63) is 36.8 Å². The minimum atomic E-state index is -3.28. The molecule has 0 spiro atoms. The summed E-state index contributed by atoms with van der Waals surface area (Å²) in [6.07, 6.45) is 4.24. The number of aromatic nitrogens is 4. The zero-order chi connectivity index (χ0) is 14.2. The topological polar surface area (TPSA) is 88.6 Å². The van der Waals surface area contributed by atoms with Crippen molar-refractivity contribution in [2.75, 3.05) is 6.26 Å². The van der Waals surface area contributed by atoms with Crippen LogP contribution in [-0.4, -0.2) is 34.8 Å². The number of nitrogens with one attached hydrogen (secondary N) is 1. The third-order valence-electron chi connectivity index (χ3n) is 2.67. The van der Waals surface area contributed by atoms with Crippen LogP contribution < -0.4 is 0 Å². The Morgan fingerprint density at radius 2 is 2.00 bits per heavy atom. The third-order valence-corrected chi connectivity index (χ3v) is 5.05. The maximum Gasteiger partial charge on any atom is 0.176 e. The van der Waals surface area contributed by atoms with E-state index >= 15 is 0 Å². The molecule has 3 aromatic rings. The standard InChI is InChI=1S/C12H10N4O2S2/c1-20(17,18)10-5-3-2-4-9(10)19-12-8-6-15-16-11(8)13-7-14-12/h2-7H,1H3,(H,13,14,15,16). The van der Waals surface area contributed by atoms with Crippen molar-refractivity contribution in [3.63, 3.8) is 0 Å². The fourth-order valence-corrected chi connectivity index (χ4v) is 3.99. The van der Waals surface area contributed by atoms with Crippen molar-refractivity contribution >= 4 is 32.6 Å². The largest absolute Gasteiger partial charge is 0.261 e. The summed E-state index contributed by atoms with van der Waals surface area (Å²) < 4.78 is 23.6. The number of sulfone groups is 1. The second kappa shape index (κ2) is 4.88. The number of nitrogens with zero attached hydrogens (tertiary/aromatic N) is 3. The van der Waals surface area contributed by atoms with E-state index in [1.165, 1.54) is 24.3 Å². The molecule has 2 heterocycles. The van der Waals surface area contributed by atoms with Gasteiger partial charge >= 0.3 is 0 Å². The number of H-pyrrole nitrogens is 1. The van der Waals surface area contributed by atoms with Gasteiger partial charge in [0.2, 0.25) is 0 Å². The summed E-state index contributed by atoms with van der Waals surface area (Å²) >= 11 is 1.28. The molecule has 0 aliphatic rings. The van der Waals surface area contributed by atoms with E-state index in [0.29, 0.717) is 20.5 Å². The van der Waals surface area contributed by atoms with Gasteiger partial charge in [0, 0.05) is 11.2 Å². The lowest BCUT2D eigenvalue weighted by Gasteiger charge is -2.06. The molecule has 6 nitrogen and oxygen atoms in total. The fraction of sp³-hybridized carbons (Fsp3) is 0.0833. The molecular formula is C12H10N4O2S2. The molecule has 0 bridgehead atoms. The highest BCUT2D eigenvalue weighted by Crippen LogP contribution is 2.34. The second-order valence-corrected chi connectivity index (χ2v) is 7.15. The average molecular weight is 306 g/mol. The molecule has 0 atom stereocenters. The van der Waals surface area contributed by atoms with E-state index in [-0.39, 0.29) is 0 Å². The SMILES string of the molecule is CS(=O)(=O)c1ccccc1Sc1ncnc2[nH]ncc12. The molecule has 0 fully saturated rings. The van der Waals surface area contributed by atoms with E-state index in [0.717, 1.165) is 5.39 Å². The van der Waals surface area contributed by atoms with Crippen LogP contribution in [-0.2, 0) is 9.84 Å². The number of hydrogen-bond donors (Lipinski definition) is 1. The van der Waals surface area contributed by atoms with Gasteiger partial charge < -0.3 is 0 Å². The highest BCUT2D eigenvalue weighted by atomic mass is 32.2. The third kappa shape index (κ3) is 2.39. The first-order chi connectivity index (χ1) is 9.55. The van der Waals surface area contributed by atoms with Gasteiger partial charge in [0.1, 0.15) is 11.4 Å². The maximum atomic E-state index is 11.8. The zero-order valence-electron chi connectivity index (χ0n) is 10.4. The molecule has 20 heavy (non-hydrogen) atoms. The quantitative estimate of drug-likeness (QED) is 0.744. The molecule has 102 valence electrons. The predicted octanol–water partition coefficient (Wildman–Crippen LogP) is 1.91. The van der Waals surface area contributed by atoms with Crippen LogP contribution in [0.2, 0.25) is 0 Å². The van der Waals surface area contributed by atoms with Crippen molar-refractivity contribution in [2.24, 2.45) is 0 Å². The van der Waals surface area contributed by atoms with Gasteiger partial charge in [0.25, 0.3) is 0 Å². The molecule has 8 heteroatoms. The normalized spacial score (nSPS) is 11.8. The summed E-state index contributed by atoms with van der Waals surface area (Å²) in [5, 5.41) is 8.10. The average Bonchev–Trinajstić information content (AvgIpc) is 2.87. The molecule has 1 aromatic carbocycles. The van der Waals surface area contributed by atoms with Crippen LogP contribution in [0.4, 0.5) is 0 Å². The first-order valence-corrected chi connectivity index (χ1v) is 8.37. The number of hydrogen-bond acceptors (Lipinski definition) is 6. The Hall–Kier alpha value is -1.93. The molecule has 0 aliphatic carbocycles. The van der Waals surface area contributed by atoms with Gasteiger partial charge in [-0.2, -0.15) is 5.10 Å². The summed E-state index contributed by atoms with van der Waals surface area (Å²) in [6, 6.07) is 6.85. The van der Waals surface area contributed by atoms with Crippen LogP contribution in [0.15, 0.2) is 51.6 Å². The maximum absolute atomic E-state index is 11.8. The monoisotopic (exact) mass is 306 g/mol. The molecule has 2 aromatic heterocycles. The molecule has 1 N–H and O–H groups in total. The van der Waals surface area contributed by atoms with Crippen molar-refractivity contribution in [3.8, 4) is 0 Å². The molecule has 0 saturated heterocycles. The van der Waals surface area contributed by atoms with Gasteiger partial charge in [0.15, 0.2) is 15.5 Å². The molecule has 0 aliphatic heterocycles. The molecule has 0 amide bonds. The van der Waals surface area contributed by atoms with Gasteiger partial charge in [-0.05, 0) is 12.1 Å². The van der Waals surface area contributed by atoms with Crippen LogP contribution in [0.3, 0.4) is 0 Å². The molecule has 0 saturated carbocycles. The molecule has 3 rings (SSSR count). The Balaban J connectivity index is 2.11. The van der Waals surface area contributed by atoms with Gasteiger partial charge in [-0.15, -0.1) is 0 Å². The second-order valence-electron chi connectivity index (χ2n) is 4.13. The van der Waals surface area contributed by atoms with Gasteiger partial charge in [-0.25, -0.2) is 18.4 Å². The smallest absolute Gasteiger partial charge is 0.176 e. The van der Waals surface area contributed by atoms with Crippen molar-refractivity contribution in [2.45, 2.75) is 14.8 Å². The Bertz CT molecular complexity index is 874. The first-order valence-electron chi connectivity index (χ1n) is 5.67. The van der Waals surface area contributed by atoms with E-state index in [2.05, 4.69) is 20.2 Å². The Labute approximate surface area is 119 Å². The van der Waals surface area contributed by atoms with Gasteiger partial charge in [-0.3, -0.25) is 5.10 Å². The van der Waals surface area contributed by atoms with E-state index < -0.39 is 9.84 Å². The van der Waals surface area contributed by atoms with Crippen LogP contribution >= 0.6 is 11.8 Å². The molecule has 0 unspecified atom stereocenters. The Morgan fingerprint density at radius 1 is 1.20 bits per heavy atom. The number of benzene rings is 1. The predicted molar refractivity (Wildman–Crippen MR) is 75.4 cm³/mol. The summed E-state index contributed by atoms with van der Waals surface area (Å²) in [7, 11) is -3.28. The Morgan fingerprint density at radius 3 is 2.80 bits per heavy atom. The van der Waals surface area contributed by atoms with E-state index in [1.54, 1.807) is 30.5 Å². The van der Waals surface area contributed by atoms with Crippen LogP contribution in [0.1, 0.15) is 0 Å². The summed E-state index contributed by atoms with van der Waals surface area (Å²) in [6.45, 7) is 0. The summed E-state index contributed by atoms with van der Waals surface area (Å²) in [5.74, 6) is 0. The lowest BCUT2D eigenvalue weighted by Crippen LogP contribution is -1.99. The minimum absolute atomic E-state index is 0.292. The van der Waals surface area contributed by atoms with Crippen molar-refractivity contribution in [1.29, 1.82) is 0 Å². The first kappa shape index (κ1) is 13.1. The van der Waals surface area contributed by atoms with E-state index in [1.807, 2.05) is 0 Å². The summed E-state index contributed by atoms with van der Waals surface area (Å²) in [5.41, 5.74) is 0.624. The zero-order valence-corrected chi connectivity index (χ0v) is 12.1. The van der Waals surface area contributed by atoms with Crippen molar-refractivity contribution < 1.29 is 8.42 Å². The van der Waals surface area contributed by atoms with Gasteiger partial charge in [0.05, 0.1) is 16.5 Å². The minimum Gasteiger partial charge on any atom is -0.261 e. The van der Waals surface area contributed by atoms with Crippen molar-refractivity contribution in [1.82, 2.24) is 20.2 Å². The van der Waals surface area contributed by atoms with Crippen LogP contribution in [0, 0.1) is 0 Å². The summed E-state index contributed by atoms with van der Waals surface area (Å²) in [4.78, 5) is 9.18. The van der Waals surface area contributed by atoms with E-state index in [4.69, 9.17) is 0 Å². The van der Waals surface area contributed by atoms with Gasteiger partial charge in [-0.1, -0.05) is 23.9 Å². The lowest BCUT2D eigenvalue weighted by atomic mass is 10.4. The molecule has 0 radical (unpaired) electrons. The number of aromatic amines is 1. The number of fused-ring (bicyclic) bond motifs is 1. The number of rotatable bonds is 3.